The van der Waals surface area contributed by atoms with E-state index in [1.54, 1.807) is 11.4 Å². The number of nitrogen functional groups attached to an aromatic ring is 1. The minimum Gasteiger partial charge on any atom is -0.477 e. The molecule has 2 aromatic heterocycles. The maximum Gasteiger partial charge on any atom is 0.352 e. The van der Waals surface area contributed by atoms with Crippen molar-refractivity contribution in [2.75, 3.05) is 62.0 Å². The number of nitrogens with one attached hydrogen (secondary N) is 1. The van der Waals surface area contributed by atoms with E-state index in [1.165, 1.54) is 35.5 Å². The van der Waals surface area contributed by atoms with Crippen molar-refractivity contribution in [3.63, 3.8) is 0 Å². The quantitative estimate of drug-likeness (QED) is 0.0932. The zero-order valence-corrected chi connectivity index (χ0v) is 28.4. The van der Waals surface area contributed by atoms with E-state index in [1.807, 2.05) is 29.9 Å². The number of hydrogen-bond acceptors (Lipinski definition) is 12. The molecule has 3 aliphatic rings. The van der Waals surface area contributed by atoms with Gasteiger partial charge in [-0.15, -0.1) is 34.9 Å². The number of nitrogens with zero attached hydrogens (tertiary/aromatic N) is 6. The van der Waals surface area contributed by atoms with Crippen LogP contribution in [-0.2, 0) is 26.3 Å². The number of rotatable bonds is 10. The summed E-state index contributed by atoms with van der Waals surface area (Å²) in [4.78, 5) is 54.1. The second-order valence-corrected chi connectivity index (χ2v) is 14.1. The highest BCUT2D eigenvalue weighted by Crippen LogP contribution is 2.42. The topological polar surface area (TPSA) is 158 Å². The Morgan fingerprint density at radius 2 is 2.06 bits per heavy atom. The van der Waals surface area contributed by atoms with Crippen molar-refractivity contribution in [2.45, 2.75) is 23.2 Å². The Labute approximate surface area is 282 Å². The summed E-state index contributed by atoms with van der Waals surface area (Å²) in [6, 6.07) is 4.37. The van der Waals surface area contributed by atoms with Crippen LogP contribution < -0.4 is 20.5 Å². The Bertz CT molecular complexity index is 1810. The molecule has 2 fully saturated rings. The molecule has 6 rings (SSSR count). The molecule has 0 saturated carbocycles. The fourth-order valence-electron chi connectivity index (χ4n) is 5.92. The Morgan fingerprint density at radius 3 is 2.72 bits per heavy atom. The summed E-state index contributed by atoms with van der Waals surface area (Å²) >= 11 is 3.89. The molecule has 3 aromatic rings. The van der Waals surface area contributed by atoms with Gasteiger partial charge in [0.05, 0.1) is 11.1 Å². The van der Waals surface area contributed by atoms with E-state index in [2.05, 4.69) is 32.2 Å². The molecule has 2 atom stereocenters. The van der Waals surface area contributed by atoms with E-state index >= 15 is 4.39 Å². The predicted octanol–water partition coefficient (Wildman–Crippen LogP) is 1.87. The number of carbonyl (C=O) groups is 3. The second kappa shape index (κ2) is 13.7. The maximum atomic E-state index is 15.6. The Kier molecular flexibility index (Phi) is 9.59. The van der Waals surface area contributed by atoms with E-state index < -0.39 is 29.2 Å². The van der Waals surface area contributed by atoms with Crippen molar-refractivity contribution in [1.29, 1.82) is 0 Å². The number of pyridine rings is 1. The van der Waals surface area contributed by atoms with Crippen LogP contribution in [0.3, 0.4) is 0 Å². The van der Waals surface area contributed by atoms with Crippen LogP contribution in [-0.4, -0.2) is 106 Å². The van der Waals surface area contributed by atoms with Crippen LogP contribution in [0.1, 0.15) is 12.6 Å². The Balaban J connectivity index is 1.19. The molecule has 5 heterocycles. The largest absolute Gasteiger partial charge is 0.477 e. The van der Waals surface area contributed by atoms with Gasteiger partial charge in [0.1, 0.15) is 42.8 Å². The van der Waals surface area contributed by atoms with Gasteiger partial charge in [-0.25, -0.2) is 18.7 Å². The third kappa shape index (κ3) is 6.36. The molecular weight excluding hydrogens is 668 g/mol. The third-order valence-corrected chi connectivity index (χ3v) is 11.6. The number of amides is 2. The molecule has 1 aromatic carbocycles. The average Bonchev–Trinajstić information content (AvgIpc) is 3.50. The second-order valence-electron chi connectivity index (χ2n) is 11.1. The summed E-state index contributed by atoms with van der Waals surface area (Å²) in [5.74, 6) is -2.15. The molecule has 13 nitrogen and oxygen atoms in total. The van der Waals surface area contributed by atoms with Gasteiger partial charge >= 0.3 is 5.97 Å². The summed E-state index contributed by atoms with van der Waals surface area (Å²) in [6.45, 7) is 6.37. The standard InChI is InChI=1S/C30H33FN8O5S3/c1-4-37-7-9-38(10-8-37)21-12-20-17(11-18(21)31)22(5-6-36(20)2)45-13-16-14-46-28-24(27(41)39(28)25(16)29(42)43)34-26(40)23(35-44-3)19-15-47-30(32)33-19/h5-6,11-12,15,24,28H,4,7-10,13-14H2,1-3H3,(H3-,32,33,34,40,42,43)/p+1/b35-23-/t24-,28-/m1/s1. The van der Waals surface area contributed by atoms with Crippen molar-refractivity contribution < 1.29 is 33.3 Å². The molecule has 3 aliphatic heterocycles. The van der Waals surface area contributed by atoms with Gasteiger partial charge in [0, 0.05) is 60.1 Å². The van der Waals surface area contributed by atoms with Crippen molar-refractivity contribution in [3.05, 3.63) is 52.6 Å². The molecule has 17 heteroatoms. The lowest BCUT2D eigenvalue weighted by molar-refractivity contribution is -0.645. The van der Waals surface area contributed by atoms with E-state index in [0.717, 1.165) is 59.9 Å². The monoisotopic (exact) mass is 701 g/mol. The van der Waals surface area contributed by atoms with Crippen LogP contribution >= 0.6 is 34.9 Å². The molecule has 0 bridgehead atoms. The molecule has 0 aliphatic carbocycles. The lowest BCUT2D eigenvalue weighted by Crippen LogP contribution is -2.71. The molecule has 0 radical (unpaired) electrons. The number of thioether (sulfide) groups is 2. The van der Waals surface area contributed by atoms with Gasteiger partial charge in [-0.3, -0.25) is 14.5 Å². The molecule has 2 saturated heterocycles. The number of oxime groups is 1. The number of thiazole rings is 1. The van der Waals surface area contributed by atoms with Crippen LogP contribution in [0.5, 0.6) is 0 Å². The normalized spacial score (nSPS) is 20.3. The Hall–Kier alpha value is -3.93. The number of likely N-dealkylation sites (N-methyl/N-ethyl adjacent to an activating group) is 1. The van der Waals surface area contributed by atoms with Crippen LogP contribution in [0.15, 0.2) is 51.1 Å². The number of carbonyl (C=O) groups excluding carboxylic acids is 2. The lowest BCUT2D eigenvalue weighted by atomic mass is 10.0. The molecule has 4 N–H and O–H groups in total. The van der Waals surface area contributed by atoms with Crippen molar-refractivity contribution in [2.24, 2.45) is 12.2 Å². The minimum absolute atomic E-state index is 0.0970. The van der Waals surface area contributed by atoms with Gasteiger partial charge in [-0.2, -0.15) is 0 Å². The number of aryl methyl sites for hydroxylation is 1. The van der Waals surface area contributed by atoms with Gasteiger partial charge in [0.25, 0.3) is 11.8 Å². The van der Waals surface area contributed by atoms with Gasteiger partial charge in [-0.05, 0) is 18.2 Å². The van der Waals surface area contributed by atoms with Crippen LogP contribution in [0, 0.1) is 5.82 Å². The number of fused-ring (bicyclic) bond motifs is 2. The van der Waals surface area contributed by atoms with E-state index in [4.69, 9.17) is 10.6 Å². The van der Waals surface area contributed by atoms with Crippen LogP contribution in [0.25, 0.3) is 10.9 Å². The Morgan fingerprint density at radius 1 is 1.30 bits per heavy atom. The highest BCUT2D eigenvalue weighted by Gasteiger charge is 2.54. The van der Waals surface area contributed by atoms with Gasteiger partial charge in [0.2, 0.25) is 5.52 Å². The highest BCUT2D eigenvalue weighted by molar-refractivity contribution is 8.01. The van der Waals surface area contributed by atoms with Crippen molar-refractivity contribution in [3.8, 4) is 0 Å². The first-order valence-corrected chi connectivity index (χ1v) is 17.8. The minimum atomic E-state index is -1.23. The molecule has 47 heavy (non-hydrogen) atoms. The number of β-lactam (4-membered cyclic amide) rings is 1. The smallest absolute Gasteiger partial charge is 0.352 e. The van der Waals surface area contributed by atoms with E-state index in [9.17, 15) is 19.5 Å². The number of piperazine rings is 1. The predicted molar refractivity (Wildman–Crippen MR) is 180 cm³/mol. The number of nitrogens with two attached hydrogens (primary N) is 1. The van der Waals surface area contributed by atoms with E-state index in [0.29, 0.717) is 17.0 Å². The molecular formula is C30H34FN8O5S3+. The lowest BCUT2D eigenvalue weighted by Gasteiger charge is -2.49. The summed E-state index contributed by atoms with van der Waals surface area (Å²) in [5.41, 5.74) is 7.65. The van der Waals surface area contributed by atoms with Crippen molar-refractivity contribution in [1.82, 2.24) is 20.1 Å². The summed E-state index contributed by atoms with van der Waals surface area (Å²) < 4.78 is 17.5. The SMILES string of the molecule is CCN1CCN(c2cc3c(cc2F)c(SCC2=C(C(=O)O)N4C(=O)[C@@H](NC(=O)/C(=N\OC)c5csc(N)n5)[C@H]4SC2)cc[n+]3C)CC1. The fourth-order valence-corrected chi connectivity index (χ4v) is 8.99. The maximum absolute atomic E-state index is 15.6. The number of benzene rings is 1. The first-order chi connectivity index (χ1) is 22.6. The van der Waals surface area contributed by atoms with Crippen molar-refractivity contribution >= 4 is 80.1 Å². The summed E-state index contributed by atoms with van der Waals surface area (Å²) in [5, 5.41) is 18.5. The molecule has 2 amide bonds. The molecule has 0 unspecified atom stereocenters. The molecule has 0 spiro atoms. The zero-order chi connectivity index (χ0) is 33.4. The van der Waals surface area contributed by atoms with Gasteiger partial charge in [-0.1, -0.05) is 12.1 Å². The zero-order valence-electron chi connectivity index (χ0n) is 25.9. The number of hydrogen-bond donors (Lipinski definition) is 3. The number of carboxylic acids is 1. The summed E-state index contributed by atoms with van der Waals surface area (Å²) in [7, 11) is 3.19. The number of halogens is 1. The fraction of sp³-hybridized carbons (Fsp3) is 0.400. The number of aromatic nitrogens is 2. The van der Waals surface area contributed by atoms with Gasteiger partial charge in [0.15, 0.2) is 17.0 Å². The van der Waals surface area contributed by atoms with E-state index in [-0.39, 0.29) is 33.8 Å². The first-order valence-electron chi connectivity index (χ1n) is 14.9. The number of anilines is 2. The summed E-state index contributed by atoms with van der Waals surface area (Å²) in [6.07, 6.45) is 1.91. The molecule has 248 valence electrons. The average molecular weight is 702 g/mol. The number of carboxylic acid groups (broad SMARTS) is 1. The first kappa shape index (κ1) is 33.0. The highest BCUT2D eigenvalue weighted by atomic mass is 32.2. The van der Waals surface area contributed by atoms with Crippen LogP contribution in [0.4, 0.5) is 15.2 Å². The number of aliphatic carboxylic acids is 1. The van der Waals surface area contributed by atoms with Crippen LogP contribution in [0.2, 0.25) is 0 Å². The van der Waals surface area contributed by atoms with Gasteiger partial charge < -0.3 is 30.8 Å². The third-order valence-electron chi connectivity index (χ3n) is 8.42.